The number of allylic oxidation sites excluding steroid dienone is 1. The molecule has 0 radical (unpaired) electrons. The zero-order valence-electron chi connectivity index (χ0n) is 14.6. The van der Waals surface area contributed by atoms with Crippen molar-refractivity contribution >= 4 is 29.9 Å². The highest BCUT2D eigenvalue weighted by Gasteiger charge is 2.11. The molecule has 2 rings (SSSR count). The molecular weight excluding hydrogens is 417 g/mol. The molecule has 0 atom stereocenters. The smallest absolute Gasteiger partial charge is 0.193 e. The molecule has 1 N–H and O–H groups in total. The molecule has 0 aromatic heterocycles. The van der Waals surface area contributed by atoms with Crippen molar-refractivity contribution in [2.45, 2.75) is 25.8 Å². The Kier molecular flexibility index (Phi) is 9.59. The molecule has 1 aliphatic rings. The van der Waals surface area contributed by atoms with Crippen molar-refractivity contribution in [3.05, 3.63) is 36.4 Å². The van der Waals surface area contributed by atoms with Gasteiger partial charge in [0.15, 0.2) is 17.5 Å². The van der Waals surface area contributed by atoms with E-state index in [-0.39, 0.29) is 24.0 Å². The van der Waals surface area contributed by atoms with Crippen LogP contribution >= 0.6 is 24.0 Å². The van der Waals surface area contributed by atoms with Crippen molar-refractivity contribution < 1.29 is 9.47 Å². The van der Waals surface area contributed by atoms with Crippen LogP contribution < -0.4 is 14.8 Å². The van der Waals surface area contributed by atoms with E-state index in [9.17, 15) is 0 Å². The first-order valence-electron chi connectivity index (χ1n) is 8.16. The number of unbranched alkanes of at least 4 members (excludes halogenated alkanes) is 1. The lowest BCUT2D eigenvalue weighted by molar-refractivity contribution is 0.297. The van der Waals surface area contributed by atoms with Crippen LogP contribution in [0.3, 0.4) is 0 Å². The topological polar surface area (TPSA) is 46.1 Å². The SMILES string of the molecule is C=CCCCN(C)C(=NC)NCc1ccc2c(c1)OCCCO2.I. The maximum Gasteiger partial charge on any atom is 0.193 e. The number of guanidine groups is 1. The Morgan fingerprint density at radius 1 is 1.33 bits per heavy atom. The summed E-state index contributed by atoms with van der Waals surface area (Å²) in [6.45, 7) is 6.83. The van der Waals surface area contributed by atoms with Crippen LogP contribution in [-0.4, -0.2) is 44.7 Å². The van der Waals surface area contributed by atoms with Crippen molar-refractivity contribution in [3.8, 4) is 11.5 Å². The van der Waals surface area contributed by atoms with Crippen LogP contribution in [0.25, 0.3) is 0 Å². The molecule has 0 aliphatic carbocycles. The predicted molar refractivity (Wildman–Crippen MR) is 110 cm³/mol. The Labute approximate surface area is 162 Å². The summed E-state index contributed by atoms with van der Waals surface area (Å²) in [5, 5.41) is 3.39. The zero-order valence-corrected chi connectivity index (χ0v) is 16.9. The Hall–Kier alpha value is -1.44. The Bertz CT molecular complexity index is 549. The summed E-state index contributed by atoms with van der Waals surface area (Å²) in [4.78, 5) is 6.47. The molecule has 1 aromatic rings. The molecule has 0 unspecified atom stereocenters. The van der Waals surface area contributed by atoms with Gasteiger partial charge in [0, 0.05) is 33.6 Å². The van der Waals surface area contributed by atoms with Gasteiger partial charge in [-0.25, -0.2) is 0 Å². The third-order valence-corrected chi connectivity index (χ3v) is 3.74. The molecular formula is C18H28IN3O2. The minimum absolute atomic E-state index is 0. The molecule has 24 heavy (non-hydrogen) atoms. The fourth-order valence-electron chi connectivity index (χ4n) is 2.46. The van der Waals surface area contributed by atoms with Gasteiger partial charge in [0.05, 0.1) is 13.2 Å². The third-order valence-electron chi connectivity index (χ3n) is 3.74. The first kappa shape index (κ1) is 20.6. The van der Waals surface area contributed by atoms with E-state index in [1.54, 1.807) is 7.05 Å². The second kappa shape index (κ2) is 11.2. The maximum absolute atomic E-state index is 5.73. The Morgan fingerprint density at radius 3 is 2.79 bits per heavy atom. The molecule has 0 fully saturated rings. The lowest BCUT2D eigenvalue weighted by Gasteiger charge is -2.22. The van der Waals surface area contributed by atoms with E-state index in [0.717, 1.165) is 48.8 Å². The highest BCUT2D eigenvalue weighted by Crippen LogP contribution is 2.30. The summed E-state index contributed by atoms with van der Waals surface area (Å²) in [5.41, 5.74) is 1.15. The molecule has 5 nitrogen and oxygen atoms in total. The van der Waals surface area contributed by atoms with Gasteiger partial charge in [-0.15, -0.1) is 30.6 Å². The van der Waals surface area contributed by atoms with E-state index in [4.69, 9.17) is 9.47 Å². The zero-order chi connectivity index (χ0) is 16.5. The highest BCUT2D eigenvalue weighted by molar-refractivity contribution is 14.0. The number of hydrogen-bond acceptors (Lipinski definition) is 3. The Morgan fingerprint density at radius 2 is 2.08 bits per heavy atom. The number of hydrogen-bond donors (Lipinski definition) is 1. The standard InChI is InChI=1S/C18H27N3O2.HI/c1-4-5-6-10-21(3)18(19-2)20-14-15-8-9-16-17(13-15)23-12-7-11-22-16;/h4,8-9,13H,1,5-7,10-12,14H2,2-3H3,(H,19,20);1H. The monoisotopic (exact) mass is 445 g/mol. The lowest BCUT2D eigenvalue weighted by Crippen LogP contribution is -2.38. The van der Waals surface area contributed by atoms with E-state index in [0.29, 0.717) is 19.8 Å². The first-order chi connectivity index (χ1) is 11.2. The van der Waals surface area contributed by atoms with Crippen molar-refractivity contribution in [3.63, 3.8) is 0 Å². The van der Waals surface area contributed by atoms with Gasteiger partial charge in [-0.1, -0.05) is 12.1 Å². The average molecular weight is 445 g/mol. The van der Waals surface area contributed by atoms with Gasteiger partial charge in [-0.05, 0) is 30.5 Å². The highest BCUT2D eigenvalue weighted by atomic mass is 127. The number of fused-ring (bicyclic) bond motifs is 1. The second-order valence-electron chi connectivity index (χ2n) is 5.58. The number of benzene rings is 1. The Balaban J connectivity index is 0.00000288. The fourth-order valence-corrected chi connectivity index (χ4v) is 2.46. The van der Waals surface area contributed by atoms with Crippen molar-refractivity contribution in [1.82, 2.24) is 10.2 Å². The van der Waals surface area contributed by atoms with Crippen molar-refractivity contribution in [2.24, 2.45) is 4.99 Å². The second-order valence-corrected chi connectivity index (χ2v) is 5.58. The van der Waals surface area contributed by atoms with Crippen LogP contribution in [-0.2, 0) is 6.54 Å². The van der Waals surface area contributed by atoms with Gasteiger partial charge < -0.3 is 19.7 Å². The average Bonchev–Trinajstić information content (AvgIpc) is 2.80. The number of nitrogens with one attached hydrogen (secondary N) is 1. The van der Waals surface area contributed by atoms with E-state index in [1.807, 2.05) is 25.3 Å². The summed E-state index contributed by atoms with van der Waals surface area (Å²) >= 11 is 0. The number of halogens is 1. The third kappa shape index (κ3) is 6.22. The molecule has 0 bridgehead atoms. The van der Waals surface area contributed by atoms with Gasteiger partial charge >= 0.3 is 0 Å². The van der Waals surface area contributed by atoms with Gasteiger partial charge in [-0.2, -0.15) is 0 Å². The number of rotatable bonds is 6. The summed E-state index contributed by atoms with van der Waals surface area (Å²) in [7, 11) is 3.85. The van der Waals surface area contributed by atoms with Crippen molar-refractivity contribution in [2.75, 3.05) is 33.9 Å². The molecule has 6 heteroatoms. The van der Waals surface area contributed by atoms with E-state index >= 15 is 0 Å². The number of nitrogens with zero attached hydrogens (tertiary/aromatic N) is 2. The quantitative estimate of drug-likeness (QED) is 0.240. The number of aliphatic imine (C=N–C) groups is 1. The first-order valence-corrected chi connectivity index (χ1v) is 8.16. The minimum Gasteiger partial charge on any atom is -0.490 e. The van der Waals surface area contributed by atoms with Crippen LogP contribution in [0.4, 0.5) is 0 Å². The van der Waals surface area contributed by atoms with Crippen LogP contribution in [0.1, 0.15) is 24.8 Å². The minimum atomic E-state index is 0. The summed E-state index contributed by atoms with van der Waals surface area (Å²) in [6, 6.07) is 6.08. The largest absolute Gasteiger partial charge is 0.490 e. The molecule has 134 valence electrons. The van der Waals surface area contributed by atoms with Crippen LogP contribution in [0.2, 0.25) is 0 Å². The van der Waals surface area contributed by atoms with Gasteiger partial charge in [-0.3, -0.25) is 4.99 Å². The fraction of sp³-hybridized carbons (Fsp3) is 0.500. The number of ether oxygens (including phenoxy) is 2. The van der Waals surface area contributed by atoms with Gasteiger partial charge in [0.1, 0.15) is 0 Å². The van der Waals surface area contributed by atoms with Gasteiger partial charge in [0.2, 0.25) is 0 Å². The molecule has 0 saturated heterocycles. The maximum atomic E-state index is 5.73. The molecule has 0 amide bonds. The van der Waals surface area contributed by atoms with Crippen LogP contribution in [0.5, 0.6) is 11.5 Å². The molecule has 1 aliphatic heterocycles. The summed E-state index contributed by atoms with van der Waals surface area (Å²) in [6.07, 6.45) is 4.96. The van der Waals surface area contributed by atoms with E-state index in [2.05, 4.69) is 27.9 Å². The summed E-state index contributed by atoms with van der Waals surface area (Å²) in [5.74, 6) is 2.55. The predicted octanol–water partition coefficient (Wildman–Crippen LogP) is 3.44. The normalized spacial score (nSPS) is 13.5. The molecule has 1 aromatic carbocycles. The van der Waals surface area contributed by atoms with E-state index < -0.39 is 0 Å². The van der Waals surface area contributed by atoms with E-state index in [1.165, 1.54) is 0 Å². The molecule has 1 heterocycles. The molecule has 0 spiro atoms. The van der Waals surface area contributed by atoms with Crippen LogP contribution in [0, 0.1) is 0 Å². The van der Waals surface area contributed by atoms with Crippen molar-refractivity contribution in [1.29, 1.82) is 0 Å². The molecule has 0 saturated carbocycles. The van der Waals surface area contributed by atoms with Crippen LogP contribution in [0.15, 0.2) is 35.8 Å². The lowest BCUT2D eigenvalue weighted by atomic mass is 10.2. The van der Waals surface area contributed by atoms with Gasteiger partial charge in [0.25, 0.3) is 0 Å². The summed E-state index contributed by atoms with van der Waals surface area (Å²) < 4.78 is 11.4.